The molecule has 0 spiro atoms. The third-order valence-electron chi connectivity index (χ3n) is 19.4. The summed E-state index contributed by atoms with van der Waals surface area (Å²) < 4.78 is 16.6. The maximum Gasteiger partial charge on any atom is 0.306 e. The molecule has 22 N–H and O–H groups in total. The number of carboxylic acids is 3. The van der Waals surface area contributed by atoms with E-state index < -0.39 is 45.9 Å². The topological polar surface area (TPSA) is 623 Å². The van der Waals surface area contributed by atoms with Crippen LogP contribution in [0, 0.1) is 13.8 Å². The van der Waals surface area contributed by atoms with Gasteiger partial charge in [0.2, 0.25) is 0 Å². The maximum absolute atomic E-state index is 12.1. The van der Waals surface area contributed by atoms with E-state index in [9.17, 15) is 77.6 Å². The number of allylic oxidation sites excluding steroid dienone is 16. The van der Waals surface area contributed by atoms with Crippen LogP contribution in [-0.2, 0) is 94.7 Å². The molecule has 0 aromatic heterocycles. The Morgan fingerprint density at radius 2 is 0.695 bits per heavy atom. The molecule has 1 aromatic carbocycles. The van der Waals surface area contributed by atoms with Crippen molar-refractivity contribution in [2.45, 2.75) is 260 Å². The number of phenols is 1. The summed E-state index contributed by atoms with van der Waals surface area (Å²) >= 11 is 0. The van der Waals surface area contributed by atoms with Gasteiger partial charge in [-0.15, -0.1) is 0 Å². The van der Waals surface area contributed by atoms with Crippen molar-refractivity contribution in [3.63, 3.8) is 0 Å². The molecule has 2 fully saturated rings. The van der Waals surface area contributed by atoms with E-state index in [0.29, 0.717) is 130 Å². The molecule has 0 bridgehead atoms. The highest BCUT2D eigenvalue weighted by molar-refractivity contribution is 6.24. The lowest BCUT2D eigenvalue weighted by molar-refractivity contribution is -0.148. The minimum atomic E-state index is -1.16. The summed E-state index contributed by atoms with van der Waals surface area (Å²) in [5, 5.41) is 56.0. The molecule has 596 valence electrons. The minimum Gasteiger partial charge on any atom is -0.870 e. The van der Waals surface area contributed by atoms with Gasteiger partial charge in [-0.2, -0.15) is 0 Å². The van der Waals surface area contributed by atoms with E-state index in [1.54, 1.807) is 75.3 Å². The van der Waals surface area contributed by atoms with Crippen molar-refractivity contribution in [1.82, 2.24) is 0 Å². The molecule has 0 unspecified atom stereocenters. The predicted molar refractivity (Wildman–Crippen MR) is 389 cm³/mol. The Morgan fingerprint density at radius 1 is 0.419 bits per heavy atom. The quantitative estimate of drug-likeness (QED) is 0.0426. The number of benzene rings is 1. The van der Waals surface area contributed by atoms with Gasteiger partial charge in [-0.05, 0) is 247 Å². The number of ether oxygens (including phenoxy) is 3. The Hall–Kier alpha value is -8.95. The van der Waals surface area contributed by atoms with Crippen LogP contribution < -0.4 is 4.74 Å². The Kier molecular flexibility index (Phi) is 43.3. The number of fused-ring (bicyclic) bond motifs is 1. The normalized spacial score (nSPS) is 21.2. The number of carbonyl (C=O) groups is 13. The molecule has 1 aromatic rings. The smallest absolute Gasteiger partial charge is 0.306 e. The van der Waals surface area contributed by atoms with E-state index in [0.717, 1.165) is 35.3 Å². The summed E-state index contributed by atoms with van der Waals surface area (Å²) in [5.41, 5.74) is 4.73. The lowest BCUT2D eigenvalue weighted by Crippen LogP contribution is -2.37. The van der Waals surface area contributed by atoms with Gasteiger partial charge in [-0.3, -0.25) is 62.3 Å². The Bertz CT molecular complexity index is 3530. The first-order valence-electron chi connectivity index (χ1n) is 32.7. The molecule has 8 rings (SSSR count). The second kappa shape index (κ2) is 43.5. The molecule has 5 atom stereocenters. The van der Waals surface area contributed by atoms with Crippen LogP contribution in [0.5, 0.6) is 11.5 Å². The Morgan fingerprint density at radius 3 is 0.971 bits per heavy atom. The number of aliphatic carboxylic acids is 3. The number of rotatable bonds is 21. The second-order valence-electron chi connectivity index (χ2n) is 27.7. The molecule has 4 aliphatic carbocycles. The van der Waals surface area contributed by atoms with Crippen LogP contribution in [0.15, 0.2) is 97.2 Å². The SMILES string of the molecule is CC1=C(C)C(=O)C(CC[C@](C)(O)CCC(=O)O)=CC1=O.CC1=C(C)C(=O)C(CC[C@](C)(O)CCC(=O)O)=CC1=O.CC1=C(C)C(=O)C(CC[C@]2(C)CCC(=O)O2)=CC1=O.CC1=C(C)C(=O)C(CC[C@]2(C)CCC(=O)O2)=CC1=O.Cc1c(O)cc2c(c1C)O[C@](C)(CCC(=O)O)CC2.O.O.[HH].[HH].[OH-].[OH-].[OH-].[OH3+].[OH3+].[OH3+]. The standard InChI is InChI=1S/2C15H20O5.2C15H18O4.C15H20O4.8H2O.2H2/c2*1-9-10(2)14(19)11(8-12(9)16)4-6-15(3,20)7-5-13(17)18;2*1-9-10(2)14(18)11(8-12(9)16)4-6-15(3)7-5-13(17)19-15;1-9-10(2)14-11(8-12(9)16)4-6-15(3,19-14)7-5-13(17)18;;;;;;;;;;/h2*8,20H,4-7H2,1-3H3,(H,17,18);2*8H,4-7H2,1-3H3;8,16H,4-7H2,1-3H3,(H,17,18);8*1H2;2*1H/t5*15-;;;;;;;;;;/m00110........../s1. The van der Waals surface area contributed by atoms with Crippen molar-refractivity contribution in [2.75, 3.05) is 0 Å². The third kappa shape index (κ3) is 29.8. The van der Waals surface area contributed by atoms with Gasteiger partial charge in [0.15, 0.2) is 46.3 Å². The molecule has 3 heterocycles. The highest BCUT2D eigenvalue weighted by Crippen LogP contribution is 2.42. The van der Waals surface area contributed by atoms with Crippen molar-refractivity contribution in [3.8, 4) is 11.5 Å². The predicted octanol–water partition coefficient (Wildman–Crippen LogP) is 6.65. The number of aromatic hydroxyl groups is 1. The molecule has 7 aliphatic rings. The first-order chi connectivity index (χ1) is 44.7. The molecule has 30 heteroatoms. The van der Waals surface area contributed by atoms with E-state index in [-0.39, 0.29) is 163 Å². The summed E-state index contributed by atoms with van der Waals surface area (Å²) in [6, 6.07) is 1.76. The first kappa shape index (κ1) is 105. The molecule has 3 aliphatic heterocycles. The van der Waals surface area contributed by atoms with Gasteiger partial charge in [0.05, 0.1) is 11.2 Å². The Balaban J connectivity index is -0.000000228. The second-order valence-corrected chi connectivity index (χ2v) is 27.7. The van der Waals surface area contributed by atoms with E-state index in [2.05, 4.69) is 0 Å². The number of hydrogen-bond acceptors (Lipinski definition) is 22. The number of carbonyl (C=O) groups excluding carboxylic acids is 10. The number of hydrogen-bond donors (Lipinski definition) is 6. The molecule has 105 heavy (non-hydrogen) atoms. The van der Waals surface area contributed by atoms with Gasteiger partial charge < -0.3 is 88.7 Å². The molecular formula is C75H116O30. The zero-order valence-electron chi connectivity index (χ0n) is 62.8. The van der Waals surface area contributed by atoms with E-state index in [1.807, 2.05) is 34.6 Å². The van der Waals surface area contributed by atoms with Crippen LogP contribution in [0.4, 0.5) is 0 Å². The van der Waals surface area contributed by atoms with E-state index in [4.69, 9.17) is 29.5 Å². The van der Waals surface area contributed by atoms with Gasteiger partial charge in [0.1, 0.15) is 28.3 Å². The molecule has 0 saturated carbocycles. The lowest BCUT2D eigenvalue weighted by Gasteiger charge is -2.37. The van der Waals surface area contributed by atoms with Crippen LogP contribution in [0.1, 0.15) is 232 Å². The molecular weight excluding hydrogens is 1380 g/mol. The maximum atomic E-state index is 12.1. The fourth-order valence-electron chi connectivity index (χ4n) is 11.4. The van der Waals surface area contributed by atoms with Gasteiger partial charge in [-0.25, -0.2) is 0 Å². The number of aliphatic hydroxyl groups is 2. The van der Waals surface area contributed by atoms with Crippen LogP contribution in [-0.4, -0.2) is 162 Å². The van der Waals surface area contributed by atoms with Crippen LogP contribution in [0.2, 0.25) is 0 Å². The number of aryl methyl sites for hydroxylation is 1. The third-order valence-corrected chi connectivity index (χ3v) is 19.4. The number of esters is 2. The van der Waals surface area contributed by atoms with Crippen molar-refractivity contribution in [3.05, 3.63) is 114 Å². The summed E-state index contributed by atoms with van der Waals surface area (Å²) in [5.74, 6) is -3.01. The lowest BCUT2D eigenvalue weighted by atomic mass is 9.85. The average Bonchev–Trinajstić information content (AvgIpc) is 1.70. The number of carboxylic acid groups (broad SMARTS) is 3. The fraction of sp³-hybridized carbons (Fsp3) is 0.533. The summed E-state index contributed by atoms with van der Waals surface area (Å²) in [4.78, 5) is 149. The first-order valence-corrected chi connectivity index (χ1v) is 32.7. The Labute approximate surface area is 613 Å². The fourth-order valence-corrected chi connectivity index (χ4v) is 11.4. The van der Waals surface area contributed by atoms with Gasteiger partial charge in [-0.1, -0.05) is 0 Å². The molecule has 0 radical (unpaired) electrons. The van der Waals surface area contributed by atoms with Gasteiger partial charge in [0, 0.05) is 102 Å². The van der Waals surface area contributed by atoms with Gasteiger partial charge in [0.25, 0.3) is 0 Å². The molecule has 30 nitrogen and oxygen atoms in total. The highest BCUT2D eigenvalue weighted by Gasteiger charge is 2.39. The molecule has 2 saturated heterocycles. The van der Waals surface area contributed by atoms with E-state index in [1.165, 1.54) is 24.3 Å². The van der Waals surface area contributed by atoms with Gasteiger partial charge >= 0.3 is 29.8 Å². The molecule has 0 amide bonds. The zero-order valence-corrected chi connectivity index (χ0v) is 62.8. The number of ketones is 8. The van der Waals surface area contributed by atoms with Crippen molar-refractivity contribution in [2.24, 2.45) is 0 Å². The van der Waals surface area contributed by atoms with E-state index >= 15 is 0 Å². The minimum absolute atomic E-state index is 0. The van der Waals surface area contributed by atoms with Crippen LogP contribution in [0.3, 0.4) is 0 Å². The van der Waals surface area contributed by atoms with Crippen molar-refractivity contribution < 1.29 is 154 Å². The zero-order chi connectivity index (χ0) is 73.6. The van der Waals surface area contributed by atoms with Crippen LogP contribution in [0.25, 0.3) is 0 Å². The number of cyclic esters (lactones) is 2. The monoisotopic (exact) mass is 1500 g/mol. The number of phenolic OH excluding ortho intramolecular Hbond substituents is 1. The number of Topliss-reactive ketones (excluding diaryl/α,β-unsaturated/α-hetero) is 4. The highest BCUT2D eigenvalue weighted by atomic mass is 16.6. The summed E-state index contributed by atoms with van der Waals surface area (Å²) in [6.45, 7) is 25.7. The van der Waals surface area contributed by atoms with Crippen molar-refractivity contribution >= 4 is 76.1 Å². The van der Waals surface area contributed by atoms with Crippen molar-refractivity contribution in [1.29, 1.82) is 0 Å². The largest absolute Gasteiger partial charge is 0.870 e. The average molecular weight is 1500 g/mol. The van der Waals surface area contributed by atoms with Crippen LogP contribution >= 0.6 is 0 Å². The summed E-state index contributed by atoms with van der Waals surface area (Å²) in [6.07, 6.45) is 13.0. The summed E-state index contributed by atoms with van der Waals surface area (Å²) in [7, 11) is 0.